The van der Waals surface area contributed by atoms with Crippen molar-refractivity contribution in [1.29, 1.82) is 0 Å². The molecule has 0 amide bonds. The van der Waals surface area contributed by atoms with Crippen LogP contribution >= 0.6 is 0 Å². The molecule has 2 unspecified atom stereocenters. The number of fused-ring (bicyclic) bond motifs is 4. The van der Waals surface area contributed by atoms with Gasteiger partial charge in [-0.2, -0.15) is 0 Å². The molecular formula is C30H20N2O. The third-order valence-corrected chi connectivity index (χ3v) is 6.85. The van der Waals surface area contributed by atoms with Crippen molar-refractivity contribution in [1.82, 2.24) is 4.57 Å². The molecule has 0 fully saturated rings. The molecule has 0 saturated carbocycles. The van der Waals surface area contributed by atoms with Crippen molar-refractivity contribution in [2.24, 2.45) is 4.99 Å². The smallest absolute Gasteiger partial charge is 0.260 e. The van der Waals surface area contributed by atoms with Crippen LogP contribution in [0.5, 0.6) is 0 Å². The van der Waals surface area contributed by atoms with Gasteiger partial charge in [0.25, 0.3) is 5.56 Å². The Bertz CT molecular complexity index is 1730. The van der Waals surface area contributed by atoms with Gasteiger partial charge in [-0.25, -0.2) is 0 Å². The average molecular weight is 425 g/mol. The summed E-state index contributed by atoms with van der Waals surface area (Å²) < 4.78 is 1.89. The molecule has 7 rings (SSSR count). The van der Waals surface area contributed by atoms with E-state index in [9.17, 15) is 4.79 Å². The summed E-state index contributed by atoms with van der Waals surface area (Å²) in [5.74, 6) is 0. The van der Waals surface area contributed by atoms with Crippen LogP contribution in [0, 0.1) is 0 Å². The Morgan fingerprint density at radius 3 is 2.27 bits per heavy atom. The molecule has 156 valence electrons. The van der Waals surface area contributed by atoms with E-state index >= 15 is 0 Å². The van der Waals surface area contributed by atoms with Crippen LogP contribution in [-0.4, -0.2) is 10.6 Å². The number of rotatable bonds is 2. The molecule has 1 aromatic heterocycles. The third kappa shape index (κ3) is 2.69. The van der Waals surface area contributed by atoms with Crippen molar-refractivity contribution >= 4 is 27.1 Å². The lowest BCUT2D eigenvalue weighted by molar-refractivity contribution is 0.579. The number of hydrogen-bond acceptors (Lipinski definition) is 2. The SMILES string of the molecule is O=c1c2cc(-c3ccccc3)cc3cccc(c4n1C1C=CC(c5ccccc5)=CC1N=4)c32. The van der Waals surface area contributed by atoms with Gasteiger partial charge in [-0.3, -0.25) is 14.4 Å². The summed E-state index contributed by atoms with van der Waals surface area (Å²) in [6.45, 7) is 0. The van der Waals surface area contributed by atoms with E-state index in [4.69, 9.17) is 4.99 Å². The van der Waals surface area contributed by atoms with Gasteiger partial charge in [-0.1, -0.05) is 91.0 Å². The Labute approximate surface area is 190 Å². The highest BCUT2D eigenvalue weighted by Crippen LogP contribution is 2.34. The molecule has 2 heterocycles. The van der Waals surface area contributed by atoms with Crippen LogP contribution < -0.4 is 11.0 Å². The highest BCUT2D eigenvalue weighted by atomic mass is 16.1. The fourth-order valence-electron chi connectivity index (χ4n) is 5.32. The second kappa shape index (κ2) is 6.88. The van der Waals surface area contributed by atoms with Gasteiger partial charge < -0.3 is 0 Å². The summed E-state index contributed by atoms with van der Waals surface area (Å²) in [5.41, 5.74) is 5.31. The van der Waals surface area contributed by atoms with Gasteiger partial charge in [-0.15, -0.1) is 0 Å². The van der Waals surface area contributed by atoms with Crippen LogP contribution in [0.25, 0.3) is 38.2 Å². The Kier molecular flexibility index (Phi) is 3.82. The Morgan fingerprint density at radius 2 is 1.48 bits per heavy atom. The Hall–Kier alpha value is -4.24. The van der Waals surface area contributed by atoms with Crippen molar-refractivity contribution in [3.63, 3.8) is 0 Å². The highest BCUT2D eigenvalue weighted by molar-refractivity contribution is 6.11. The molecule has 0 bridgehead atoms. The fraction of sp³-hybridized carbons (Fsp3) is 0.0667. The molecule has 5 aromatic rings. The molecule has 33 heavy (non-hydrogen) atoms. The van der Waals surface area contributed by atoms with Crippen molar-refractivity contribution in [2.75, 3.05) is 0 Å². The van der Waals surface area contributed by atoms with E-state index in [1.54, 1.807) is 0 Å². The maximum absolute atomic E-state index is 13.9. The molecule has 4 aromatic carbocycles. The second-order valence-electron chi connectivity index (χ2n) is 8.75. The van der Waals surface area contributed by atoms with E-state index in [-0.39, 0.29) is 17.6 Å². The number of allylic oxidation sites excluding steroid dienone is 2. The van der Waals surface area contributed by atoms with Gasteiger partial charge in [0.15, 0.2) is 0 Å². The Morgan fingerprint density at radius 1 is 0.727 bits per heavy atom. The van der Waals surface area contributed by atoms with Crippen molar-refractivity contribution in [3.05, 3.63) is 131 Å². The molecule has 0 saturated heterocycles. The minimum atomic E-state index is -0.0938. The molecule has 0 spiro atoms. The summed E-state index contributed by atoms with van der Waals surface area (Å²) in [7, 11) is 0. The largest absolute Gasteiger partial charge is 0.283 e. The van der Waals surface area contributed by atoms with Crippen LogP contribution in [-0.2, 0) is 0 Å². The zero-order valence-electron chi connectivity index (χ0n) is 17.8. The first-order chi connectivity index (χ1) is 16.3. The third-order valence-electron chi connectivity index (χ3n) is 6.85. The zero-order chi connectivity index (χ0) is 21.9. The van der Waals surface area contributed by atoms with Gasteiger partial charge in [0, 0.05) is 16.2 Å². The van der Waals surface area contributed by atoms with Crippen molar-refractivity contribution in [3.8, 4) is 11.1 Å². The molecule has 3 heteroatoms. The van der Waals surface area contributed by atoms with E-state index in [1.165, 1.54) is 5.56 Å². The van der Waals surface area contributed by atoms with E-state index in [0.29, 0.717) is 0 Å². The number of hydrogen-bond donors (Lipinski definition) is 0. The van der Waals surface area contributed by atoms with Gasteiger partial charge in [-0.05, 0) is 45.9 Å². The van der Waals surface area contributed by atoms with Crippen molar-refractivity contribution < 1.29 is 0 Å². The fourth-order valence-corrected chi connectivity index (χ4v) is 5.32. The predicted octanol–water partition coefficient (Wildman–Crippen LogP) is 5.74. The standard InChI is InChI=1S/C30H20N2O/c33-30-25-17-23(20-10-5-2-6-11-20)16-22-12-7-13-24(28(22)25)29-31-26-18-21(14-15-27(26)32(29)30)19-8-3-1-4-9-19/h1-18,26-27H. The first-order valence-corrected chi connectivity index (χ1v) is 11.3. The lowest BCUT2D eigenvalue weighted by atomic mass is 9.94. The number of aromatic nitrogens is 1. The number of pyridine rings is 1. The summed E-state index contributed by atoms with van der Waals surface area (Å²) in [6, 6.07) is 30.9. The monoisotopic (exact) mass is 424 g/mol. The zero-order valence-corrected chi connectivity index (χ0v) is 17.8. The predicted molar refractivity (Wildman–Crippen MR) is 134 cm³/mol. The second-order valence-corrected chi connectivity index (χ2v) is 8.75. The molecule has 0 N–H and O–H groups in total. The lowest BCUT2D eigenvalue weighted by Crippen LogP contribution is -2.34. The van der Waals surface area contributed by atoms with E-state index in [2.05, 4.69) is 66.8 Å². The van der Waals surface area contributed by atoms with E-state index < -0.39 is 0 Å². The maximum Gasteiger partial charge on any atom is 0.260 e. The van der Waals surface area contributed by atoms with Crippen molar-refractivity contribution in [2.45, 2.75) is 12.1 Å². The van der Waals surface area contributed by atoms with E-state index in [0.717, 1.165) is 43.7 Å². The van der Waals surface area contributed by atoms with Crippen LogP contribution in [0.15, 0.2) is 119 Å². The van der Waals surface area contributed by atoms with Crippen LogP contribution in [0.3, 0.4) is 0 Å². The molecule has 1 aliphatic carbocycles. The normalized spacial score (nSPS) is 18.7. The van der Waals surface area contributed by atoms with Crippen LogP contribution in [0.4, 0.5) is 0 Å². The Balaban J connectivity index is 1.48. The number of benzene rings is 4. The minimum Gasteiger partial charge on any atom is -0.283 e. The molecule has 2 aliphatic rings. The summed E-state index contributed by atoms with van der Waals surface area (Å²) in [6.07, 6.45) is 6.45. The highest BCUT2D eigenvalue weighted by Gasteiger charge is 2.31. The first kappa shape index (κ1) is 18.3. The molecule has 0 radical (unpaired) electrons. The molecule has 3 nitrogen and oxygen atoms in total. The summed E-state index contributed by atoms with van der Waals surface area (Å²) in [4.78, 5) is 18.9. The average Bonchev–Trinajstić information content (AvgIpc) is 3.27. The lowest BCUT2D eigenvalue weighted by Gasteiger charge is -2.20. The van der Waals surface area contributed by atoms with Gasteiger partial charge in [0.1, 0.15) is 5.49 Å². The quantitative estimate of drug-likeness (QED) is 0.356. The van der Waals surface area contributed by atoms with Crippen LogP contribution in [0.2, 0.25) is 0 Å². The topological polar surface area (TPSA) is 34.4 Å². The first-order valence-electron chi connectivity index (χ1n) is 11.3. The summed E-state index contributed by atoms with van der Waals surface area (Å²) in [5, 5.41) is 3.88. The van der Waals surface area contributed by atoms with Gasteiger partial charge in [0.2, 0.25) is 0 Å². The maximum atomic E-state index is 13.9. The molecule has 2 atom stereocenters. The van der Waals surface area contributed by atoms with Gasteiger partial charge in [0.05, 0.1) is 12.1 Å². The molecular weight excluding hydrogens is 404 g/mol. The number of nitrogens with zero attached hydrogens (tertiary/aromatic N) is 2. The summed E-state index contributed by atoms with van der Waals surface area (Å²) >= 11 is 0. The molecule has 1 aliphatic heterocycles. The van der Waals surface area contributed by atoms with Crippen LogP contribution in [0.1, 0.15) is 11.6 Å². The van der Waals surface area contributed by atoms with Gasteiger partial charge >= 0.3 is 0 Å². The van der Waals surface area contributed by atoms with E-state index in [1.807, 2.05) is 47.0 Å². The minimum absolute atomic E-state index is 0.0314.